The van der Waals surface area contributed by atoms with Crippen LogP contribution in [0.25, 0.3) is 10.9 Å². The van der Waals surface area contributed by atoms with Crippen LogP contribution in [-0.2, 0) is 6.54 Å². The van der Waals surface area contributed by atoms with Crippen molar-refractivity contribution in [2.75, 3.05) is 13.1 Å². The van der Waals surface area contributed by atoms with Gasteiger partial charge in [0.05, 0.1) is 35.1 Å². The molecule has 2 aliphatic heterocycles. The molecule has 0 aliphatic carbocycles. The first-order valence-corrected chi connectivity index (χ1v) is 8.87. The first kappa shape index (κ1) is 15.7. The van der Waals surface area contributed by atoms with Crippen molar-refractivity contribution >= 4 is 10.9 Å². The molecule has 0 N–H and O–H groups in total. The molecule has 5 rings (SSSR count). The van der Waals surface area contributed by atoms with E-state index >= 15 is 0 Å². The van der Waals surface area contributed by atoms with Crippen LogP contribution in [0.5, 0.6) is 0 Å². The van der Waals surface area contributed by atoms with Crippen LogP contribution in [0.2, 0.25) is 0 Å². The number of aromatic nitrogens is 3. The molecule has 2 aromatic heterocycles. The molecule has 3 aromatic rings. The fourth-order valence-electron chi connectivity index (χ4n) is 3.88. The molecule has 130 valence electrons. The van der Waals surface area contributed by atoms with Crippen molar-refractivity contribution in [1.82, 2.24) is 19.4 Å². The molecule has 6 nitrogen and oxygen atoms in total. The predicted molar refractivity (Wildman–Crippen MR) is 99.9 cm³/mol. The Labute approximate surface area is 155 Å². The first-order chi connectivity index (χ1) is 13.2. The zero-order valence-corrected chi connectivity index (χ0v) is 14.5. The van der Waals surface area contributed by atoms with Gasteiger partial charge in [0.15, 0.2) is 0 Å². The number of benzene rings is 1. The summed E-state index contributed by atoms with van der Waals surface area (Å²) in [4.78, 5) is 24.2. The monoisotopic (exact) mass is 353 g/mol. The SMILES string of the molecule is N#Cc1ccnc(C#Cc2ccc3c(=O)n4c(nc3c2)CN2CCC4C2)c1. The minimum Gasteiger partial charge on any atom is -0.294 e. The number of hydrogen-bond acceptors (Lipinski definition) is 5. The van der Waals surface area contributed by atoms with Gasteiger partial charge in [0.1, 0.15) is 11.5 Å². The summed E-state index contributed by atoms with van der Waals surface area (Å²) in [6, 6.07) is 11.1. The van der Waals surface area contributed by atoms with Crippen molar-refractivity contribution in [3.63, 3.8) is 0 Å². The van der Waals surface area contributed by atoms with Crippen molar-refractivity contribution in [2.45, 2.75) is 19.0 Å². The number of fused-ring (bicyclic) bond motifs is 5. The lowest BCUT2D eigenvalue weighted by Gasteiger charge is -2.26. The smallest absolute Gasteiger partial charge is 0.261 e. The highest BCUT2D eigenvalue weighted by Gasteiger charge is 2.32. The Kier molecular flexibility index (Phi) is 3.53. The van der Waals surface area contributed by atoms with Crippen LogP contribution >= 0.6 is 0 Å². The van der Waals surface area contributed by atoms with Gasteiger partial charge in [-0.05, 0) is 42.7 Å². The van der Waals surface area contributed by atoms with Gasteiger partial charge in [-0.1, -0.05) is 5.92 Å². The molecule has 1 fully saturated rings. The van der Waals surface area contributed by atoms with Crippen molar-refractivity contribution < 1.29 is 0 Å². The zero-order valence-electron chi connectivity index (χ0n) is 14.5. The maximum atomic E-state index is 12.9. The predicted octanol–water partition coefficient (Wildman–Crippen LogP) is 1.82. The Balaban J connectivity index is 1.57. The van der Waals surface area contributed by atoms with Gasteiger partial charge in [-0.25, -0.2) is 9.97 Å². The second kappa shape index (κ2) is 6.05. The van der Waals surface area contributed by atoms with Gasteiger partial charge in [0.2, 0.25) is 0 Å². The quantitative estimate of drug-likeness (QED) is 0.577. The molecule has 2 atom stereocenters. The van der Waals surface area contributed by atoms with E-state index < -0.39 is 0 Å². The molecule has 6 heteroatoms. The summed E-state index contributed by atoms with van der Waals surface area (Å²) in [5.74, 6) is 6.86. The minimum atomic E-state index is 0.0458. The van der Waals surface area contributed by atoms with Gasteiger partial charge in [0, 0.05) is 24.8 Å². The molecule has 1 saturated heterocycles. The second-order valence-corrected chi connectivity index (χ2v) is 6.90. The fraction of sp³-hybridized carbons (Fsp3) is 0.238. The zero-order chi connectivity index (χ0) is 18.4. The van der Waals surface area contributed by atoms with Crippen LogP contribution < -0.4 is 5.56 Å². The number of hydrogen-bond donors (Lipinski definition) is 0. The number of pyridine rings is 1. The third-order valence-electron chi connectivity index (χ3n) is 5.18. The van der Waals surface area contributed by atoms with Crippen molar-refractivity contribution in [1.29, 1.82) is 5.26 Å². The maximum absolute atomic E-state index is 12.9. The highest BCUT2D eigenvalue weighted by atomic mass is 16.1. The molecule has 4 heterocycles. The van der Waals surface area contributed by atoms with Crippen LogP contribution in [-0.4, -0.2) is 32.5 Å². The van der Waals surface area contributed by atoms with Crippen LogP contribution in [0.15, 0.2) is 41.3 Å². The number of nitrogens with zero attached hydrogens (tertiary/aromatic N) is 5. The van der Waals surface area contributed by atoms with Gasteiger partial charge in [-0.3, -0.25) is 14.3 Å². The Morgan fingerprint density at radius 3 is 2.96 bits per heavy atom. The lowest BCUT2D eigenvalue weighted by molar-refractivity contribution is 0.266. The molecule has 2 unspecified atom stereocenters. The minimum absolute atomic E-state index is 0.0458. The summed E-state index contributed by atoms with van der Waals surface area (Å²) < 4.78 is 1.88. The van der Waals surface area contributed by atoms with Gasteiger partial charge in [-0.2, -0.15) is 5.26 Å². The van der Waals surface area contributed by atoms with E-state index in [0.29, 0.717) is 22.2 Å². The standard InChI is InChI=1S/C21H15N5O/c22-11-15-5-7-23-16(9-15)3-1-14-2-4-18-19(10-14)24-20-13-25-8-6-17(12-25)26(20)21(18)27/h2,4-5,7,9-10,17H,6,8,12-13H2. The van der Waals surface area contributed by atoms with E-state index in [1.165, 1.54) is 0 Å². The van der Waals surface area contributed by atoms with E-state index in [9.17, 15) is 4.79 Å². The van der Waals surface area contributed by atoms with Crippen molar-refractivity contribution in [3.05, 3.63) is 69.5 Å². The highest BCUT2D eigenvalue weighted by molar-refractivity contribution is 5.79. The van der Waals surface area contributed by atoms with E-state index in [1.54, 1.807) is 18.3 Å². The van der Waals surface area contributed by atoms with Crippen molar-refractivity contribution in [3.8, 4) is 17.9 Å². The topological polar surface area (TPSA) is 74.8 Å². The summed E-state index contributed by atoms with van der Waals surface area (Å²) in [7, 11) is 0. The third-order valence-corrected chi connectivity index (χ3v) is 5.18. The summed E-state index contributed by atoms with van der Waals surface area (Å²) in [5.41, 5.74) is 2.56. The van der Waals surface area contributed by atoms with Crippen molar-refractivity contribution in [2.24, 2.45) is 0 Å². The van der Waals surface area contributed by atoms with Crippen LogP contribution in [0, 0.1) is 23.2 Å². The highest BCUT2D eigenvalue weighted by Crippen LogP contribution is 2.28. The average Bonchev–Trinajstić information content (AvgIpc) is 3.07. The van der Waals surface area contributed by atoms with E-state index in [0.717, 1.165) is 37.4 Å². The number of nitriles is 1. The molecule has 0 amide bonds. The summed E-state index contributed by atoms with van der Waals surface area (Å²) >= 11 is 0. The lowest BCUT2D eigenvalue weighted by atomic mass is 10.1. The third kappa shape index (κ3) is 2.68. The summed E-state index contributed by atoms with van der Waals surface area (Å²) in [5, 5.41) is 9.59. The van der Waals surface area contributed by atoms with Gasteiger partial charge in [0.25, 0.3) is 5.56 Å². The maximum Gasteiger partial charge on any atom is 0.261 e. The van der Waals surface area contributed by atoms with E-state index in [2.05, 4.69) is 27.8 Å². The summed E-state index contributed by atoms with van der Waals surface area (Å²) in [6.45, 7) is 2.69. The van der Waals surface area contributed by atoms with Gasteiger partial charge in [-0.15, -0.1) is 0 Å². The largest absolute Gasteiger partial charge is 0.294 e. The molecular weight excluding hydrogens is 338 g/mol. The molecule has 27 heavy (non-hydrogen) atoms. The molecule has 2 aliphatic rings. The Morgan fingerprint density at radius 1 is 1.15 bits per heavy atom. The molecule has 0 radical (unpaired) electrons. The summed E-state index contributed by atoms with van der Waals surface area (Å²) in [6.07, 6.45) is 2.58. The van der Waals surface area contributed by atoms with Crippen LogP contribution in [0.3, 0.4) is 0 Å². The number of rotatable bonds is 0. The average molecular weight is 353 g/mol. The molecule has 0 saturated carbocycles. The van der Waals surface area contributed by atoms with E-state index in [4.69, 9.17) is 10.2 Å². The molecular formula is C21H15N5O. The van der Waals surface area contributed by atoms with E-state index in [1.807, 2.05) is 22.8 Å². The van der Waals surface area contributed by atoms with E-state index in [-0.39, 0.29) is 11.6 Å². The Morgan fingerprint density at radius 2 is 2.07 bits per heavy atom. The Bertz CT molecular complexity index is 1240. The Hall–Kier alpha value is -3.48. The fourth-order valence-corrected chi connectivity index (χ4v) is 3.88. The molecule has 2 bridgehead atoms. The lowest BCUT2D eigenvalue weighted by Crippen LogP contribution is -2.37. The first-order valence-electron chi connectivity index (χ1n) is 8.87. The van der Waals surface area contributed by atoms with Gasteiger partial charge >= 0.3 is 0 Å². The van der Waals surface area contributed by atoms with Gasteiger partial charge < -0.3 is 0 Å². The van der Waals surface area contributed by atoms with Crippen LogP contribution in [0.4, 0.5) is 0 Å². The molecule has 0 spiro atoms. The molecule has 1 aromatic carbocycles. The second-order valence-electron chi connectivity index (χ2n) is 6.90. The normalized spacial score (nSPS) is 19.8. The van der Waals surface area contributed by atoms with Crippen LogP contribution in [0.1, 0.15) is 35.1 Å².